The number of rotatable bonds is 5. The van der Waals surface area contributed by atoms with Gasteiger partial charge in [0.2, 0.25) is 0 Å². The summed E-state index contributed by atoms with van der Waals surface area (Å²) in [5, 5.41) is -0.0554. The Labute approximate surface area is 179 Å². The zero-order valence-corrected chi connectivity index (χ0v) is 17.2. The fourth-order valence-corrected chi connectivity index (χ4v) is 3.30. The summed E-state index contributed by atoms with van der Waals surface area (Å²) in [6.45, 7) is 3.28. The third-order valence-corrected chi connectivity index (χ3v) is 4.79. The van der Waals surface area contributed by atoms with Crippen molar-refractivity contribution in [2.45, 2.75) is 30.9 Å². The first-order valence-corrected chi connectivity index (χ1v) is 9.92. The Balaban J connectivity index is 1.57. The highest BCUT2D eigenvalue weighted by Gasteiger charge is 2.33. The Morgan fingerprint density at radius 3 is 2.48 bits per heavy atom. The number of alkyl halides is 3. The lowest BCUT2D eigenvalue weighted by Crippen LogP contribution is -2.41. The number of aryl methyl sites for hydroxylation is 2. The minimum absolute atomic E-state index is 0.0554. The molecule has 3 aromatic rings. The molecule has 0 fully saturated rings. The van der Waals surface area contributed by atoms with E-state index in [9.17, 15) is 22.8 Å². The van der Waals surface area contributed by atoms with Crippen molar-refractivity contribution >= 4 is 23.6 Å². The Morgan fingerprint density at radius 1 is 1.03 bits per heavy atom. The SMILES string of the molecule is Cc1cccc(C(=O)NNC(=O)c2ccc(CSc3nc(C)cc(C(F)(F)F)n3)o2)c1. The van der Waals surface area contributed by atoms with Gasteiger partial charge >= 0.3 is 12.1 Å². The van der Waals surface area contributed by atoms with Crippen molar-refractivity contribution in [1.29, 1.82) is 0 Å². The van der Waals surface area contributed by atoms with Crippen molar-refractivity contribution in [2.24, 2.45) is 0 Å². The number of nitrogens with zero attached hydrogens (tertiary/aromatic N) is 2. The molecule has 1 aromatic carbocycles. The van der Waals surface area contributed by atoms with E-state index >= 15 is 0 Å². The lowest BCUT2D eigenvalue weighted by Gasteiger charge is -2.08. The molecule has 0 spiro atoms. The summed E-state index contributed by atoms with van der Waals surface area (Å²) in [4.78, 5) is 31.7. The monoisotopic (exact) mass is 450 g/mol. The fourth-order valence-electron chi connectivity index (χ4n) is 2.50. The van der Waals surface area contributed by atoms with Gasteiger partial charge in [-0.15, -0.1) is 0 Å². The van der Waals surface area contributed by atoms with Crippen molar-refractivity contribution in [1.82, 2.24) is 20.8 Å². The van der Waals surface area contributed by atoms with Gasteiger partial charge in [0.25, 0.3) is 5.91 Å². The number of amides is 2. The zero-order chi connectivity index (χ0) is 22.6. The van der Waals surface area contributed by atoms with Gasteiger partial charge in [0.05, 0.1) is 5.75 Å². The lowest BCUT2D eigenvalue weighted by molar-refractivity contribution is -0.141. The average molecular weight is 450 g/mol. The molecule has 0 saturated carbocycles. The van der Waals surface area contributed by atoms with Gasteiger partial charge < -0.3 is 4.42 Å². The summed E-state index contributed by atoms with van der Waals surface area (Å²) in [5.74, 6) is -0.788. The molecular formula is C20H17F3N4O3S. The summed E-state index contributed by atoms with van der Waals surface area (Å²) in [6.07, 6.45) is -4.57. The van der Waals surface area contributed by atoms with E-state index in [-0.39, 0.29) is 22.4 Å². The maximum atomic E-state index is 12.9. The van der Waals surface area contributed by atoms with E-state index in [1.807, 2.05) is 13.0 Å². The third-order valence-electron chi connectivity index (χ3n) is 3.92. The van der Waals surface area contributed by atoms with Crippen molar-refractivity contribution in [3.8, 4) is 0 Å². The molecule has 11 heteroatoms. The fraction of sp³-hybridized carbons (Fsp3) is 0.200. The largest absolute Gasteiger partial charge is 0.455 e. The minimum atomic E-state index is -4.57. The van der Waals surface area contributed by atoms with Crippen molar-refractivity contribution < 1.29 is 27.2 Å². The Morgan fingerprint density at radius 2 is 1.77 bits per heavy atom. The predicted octanol–water partition coefficient (Wildman–Crippen LogP) is 4.07. The average Bonchev–Trinajstić information content (AvgIpc) is 3.18. The number of hydrogen-bond acceptors (Lipinski definition) is 6. The van der Waals surface area contributed by atoms with Crippen LogP contribution in [0.3, 0.4) is 0 Å². The maximum Gasteiger partial charge on any atom is 0.433 e. The van der Waals surface area contributed by atoms with Gasteiger partial charge in [-0.05, 0) is 44.2 Å². The Bertz CT molecular complexity index is 1120. The smallest absolute Gasteiger partial charge is 0.433 e. The molecule has 0 aliphatic heterocycles. The first-order valence-electron chi connectivity index (χ1n) is 8.93. The molecule has 0 bridgehead atoms. The molecule has 0 aliphatic carbocycles. The summed E-state index contributed by atoms with van der Waals surface area (Å²) >= 11 is 0.942. The van der Waals surface area contributed by atoms with Crippen LogP contribution in [0.4, 0.5) is 13.2 Å². The van der Waals surface area contributed by atoms with Crippen molar-refractivity contribution in [3.63, 3.8) is 0 Å². The molecule has 7 nitrogen and oxygen atoms in total. The van der Waals surface area contributed by atoms with Crippen LogP contribution in [0, 0.1) is 13.8 Å². The van der Waals surface area contributed by atoms with E-state index in [0.29, 0.717) is 11.3 Å². The number of halogens is 3. The summed E-state index contributed by atoms with van der Waals surface area (Å²) < 4.78 is 44.0. The van der Waals surface area contributed by atoms with Crippen LogP contribution in [0.15, 0.2) is 52.0 Å². The van der Waals surface area contributed by atoms with Crippen LogP contribution in [-0.2, 0) is 11.9 Å². The standard InChI is InChI=1S/C20H17F3N4O3S/c1-11-4-3-5-13(8-11)17(28)26-27-18(29)15-7-6-14(30-15)10-31-19-24-12(2)9-16(25-19)20(21,22)23/h3-9H,10H2,1-2H3,(H,26,28)(H,27,29). The second-order valence-corrected chi connectivity index (χ2v) is 7.45. The second-order valence-electron chi connectivity index (χ2n) is 6.51. The molecule has 0 aliphatic rings. The van der Waals surface area contributed by atoms with Crippen LogP contribution < -0.4 is 10.9 Å². The molecule has 3 rings (SSSR count). The highest BCUT2D eigenvalue weighted by atomic mass is 32.2. The van der Waals surface area contributed by atoms with E-state index in [4.69, 9.17) is 4.42 Å². The second kappa shape index (κ2) is 9.21. The first kappa shape index (κ1) is 22.3. The number of benzene rings is 1. The number of nitrogens with one attached hydrogen (secondary N) is 2. The molecule has 2 heterocycles. The number of carbonyl (C=O) groups excluding carboxylic acids is 2. The van der Waals surface area contributed by atoms with E-state index < -0.39 is 23.7 Å². The van der Waals surface area contributed by atoms with Gasteiger partial charge in [-0.3, -0.25) is 20.4 Å². The van der Waals surface area contributed by atoms with Crippen LogP contribution in [0.2, 0.25) is 0 Å². The van der Waals surface area contributed by atoms with Crippen molar-refractivity contribution in [2.75, 3.05) is 0 Å². The highest BCUT2D eigenvalue weighted by Crippen LogP contribution is 2.30. The minimum Gasteiger partial charge on any atom is -0.455 e. The Hall–Kier alpha value is -3.34. The maximum absolute atomic E-state index is 12.9. The van der Waals surface area contributed by atoms with E-state index in [2.05, 4.69) is 20.8 Å². The van der Waals surface area contributed by atoms with Crippen LogP contribution in [0.25, 0.3) is 0 Å². The number of carbonyl (C=O) groups is 2. The molecule has 2 amide bonds. The van der Waals surface area contributed by atoms with Gasteiger partial charge in [0, 0.05) is 11.3 Å². The third kappa shape index (κ3) is 6.07. The number of hydrogen-bond donors (Lipinski definition) is 2. The molecule has 31 heavy (non-hydrogen) atoms. The van der Waals surface area contributed by atoms with Gasteiger partial charge in [-0.2, -0.15) is 13.2 Å². The number of furan rings is 1. The predicted molar refractivity (Wildman–Crippen MR) is 106 cm³/mol. The highest BCUT2D eigenvalue weighted by molar-refractivity contribution is 7.98. The molecule has 2 aromatic heterocycles. The molecule has 0 radical (unpaired) electrons. The summed E-state index contributed by atoms with van der Waals surface area (Å²) in [7, 11) is 0. The normalized spacial score (nSPS) is 11.3. The van der Waals surface area contributed by atoms with E-state index in [1.54, 1.807) is 18.2 Å². The van der Waals surface area contributed by atoms with Gasteiger partial charge in [0.1, 0.15) is 11.5 Å². The Kier molecular flexibility index (Phi) is 6.64. The van der Waals surface area contributed by atoms with Gasteiger partial charge in [0.15, 0.2) is 10.9 Å². The van der Waals surface area contributed by atoms with Gasteiger partial charge in [-0.1, -0.05) is 29.5 Å². The van der Waals surface area contributed by atoms with E-state index in [0.717, 1.165) is 23.4 Å². The number of aromatic nitrogens is 2. The molecular weight excluding hydrogens is 433 g/mol. The first-order chi connectivity index (χ1) is 14.6. The van der Waals surface area contributed by atoms with Crippen LogP contribution >= 0.6 is 11.8 Å². The van der Waals surface area contributed by atoms with Crippen molar-refractivity contribution in [3.05, 3.63) is 76.5 Å². The van der Waals surface area contributed by atoms with Crippen LogP contribution in [-0.4, -0.2) is 21.8 Å². The number of hydrazine groups is 1. The van der Waals surface area contributed by atoms with Crippen LogP contribution in [0.1, 0.15) is 43.6 Å². The summed E-state index contributed by atoms with van der Waals surface area (Å²) in [5.41, 5.74) is 4.98. The summed E-state index contributed by atoms with van der Waals surface area (Å²) in [6, 6.07) is 10.6. The lowest BCUT2D eigenvalue weighted by atomic mass is 10.1. The van der Waals surface area contributed by atoms with Gasteiger partial charge in [-0.25, -0.2) is 9.97 Å². The van der Waals surface area contributed by atoms with Crippen LogP contribution in [0.5, 0.6) is 0 Å². The topological polar surface area (TPSA) is 97.1 Å². The molecule has 0 atom stereocenters. The molecule has 0 saturated heterocycles. The molecule has 0 unspecified atom stereocenters. The number of thioether (sulfide) groups is 1. The molecule has 2 N–H and O–H groups in total. The molecule has 162 valence electrons. The quantitative estimate of drug-likeness (QED) is 0.346. The van der Waals surface area contributed by atoms with E-state index in [1.165, 1.54) is 19.1 Å². The zero-order valence-electron chi connectivity index (χ0n) is 16.4.